The van der Waals surface area contributed by atoms with Crippen molar-refractivity contribution in [3.8, 4) is 11.4 Å². The number of benzene rings is 1. The fourth-order valence-corrected chi connectivity index (χ4v) is 2.64. The van der Waals surface area contributed by atoms with E-state index in [1.54, 1.807) is 30.6 Å². The molecule has 0 unspecified atom stereocenters. The number of hydrogen-bond donors (Lipinski definition) is 2. The number of carbonyl (C=O) groups excluding carboxylic acids is 1. The summed E-state index contributed by atoms with van der Waals surface area (Å²) < 4.78 is 0. The van der Waals surface area contributed by atoms with Gasteiger partial charge < -0.3 is 11.1 Å². The van der Waals surface area contributed by atoms with Crippen LogP contribution in [0.3, 0.4) is 0 Å². The summed E-state index contributed by atoms with van der Waals surface area (Å²) in [5.41, 5.74) is 7.41. The zero-order valence-electron chi connectivity index (χ0n) is 11.7. The molecule has 1 saturated carbocycles. The fourth-order valence-electron chi connectivity index (χ4n) is 2.64. The van der Waals surface area contributed by atoms with Gasteiger partial charge in [0.25, 0.3) is 5.91 Å². The SMILES string of the molecule is N[C@@H]1CC[C@H](NC(=O)c2ccc(-c3ncccn3)cc2)C1. The summed E-state index contributed by atoms with van der Waals surface area (Å²) >= 11 is 0. The van der Waals surface area contributed by atoms with Gasteiger partial charge in [-0.3, -0.25) is 4.79 Å². The van der Waals surface area contributed by atoms with Crippen LogP contribution in [0.25, 0.3) is 11.4 Å². The zero-order chi connectivity index (χ0) is 14.7. The second-order valence-electron chi connectivity index (χ2n) is 5.39. The summed E-state index contributed by atoms with van der Waals surface area (Å²) in [6, 6.07) is 9.52. The van der Waals surface area contributed by atoms with Crippen molar-refractivity contribution in [1.29, 1.82) is 0 Å². The third-order valence-electron chi connectivity index (χ3n) is 3.78. The van der Waals surface area contributed by atoms with E-state index in [2.05, 4.69) is 15.3 Å². The maximum absolute atomic E-state index is 12.2. The number of aromatic nitrogens is 2. The molecule has 21 heavy (non-hydrogen) atoms. The largest absolute Gasteiger partial charge is 0.349 e. The lowest BCUT2D eigenvalue weighted by atomic mass is 10.1. The van der Waals surface area contributed by atoms with Crippen molar-refractivity contribution in [1.82, 2.24) is 15.3 Å². The van der Waals surface area contributed by atoms with Gasteiger partial charge in [0.15, 0.2) is 5.82 Å². The molecule has 1 aromatic heterocycles. The summed E-state index contributed by atoms with van der Waals surface area (Å²) in [6.07, 6.45) is 6.21. The summed E-state index contributed by atoms with van der Waals surface area (Å²) in [5.74, 6) is 0.612. The molecule has 1 amide bonds. The molecule has 3 N–H and O–H groups in total. The molecule has 3 rings (SSSR count). The lowest BCUT2D eigenvalue weighted by Gasteiger charge is -2.12. The lowest BCUT2D eigenvalue weighted by molar-refractivity contribution is 0.0937. The van der Waals surface area contributed by atoms with Crippen molar-refractivity contribution >= 4 is 5.91 Å². The molecule has 0 bridgehead atoms. The van der Waals surface area contributed by atoms with E-state index in [1.807, 2.05) is 12.1 Å². The standard InChI is InChI=1S/C16H18N4O/c17-13-6-7-14(10-13)20-16(21)12-4-2-11(3-5-12)15-18-8-1-9-19-15/h1-5,8-9,13-14H,6-7,10,17H2,(H,20,21)/t13-,14+/m1/s1. The third kappa shape index (κ3) is 3.25. The molecular weight excluding hydrogens is 264 g/mol. The van der Waals surface area contributed by atoms with E-state index < -0.39 is 0 Å². The van der Waals surface area contributed by atoms with Crippen molar-refractivity contribution in [3.63, 3.8) is 0 Å². The molecular formula is C16H18N4O. The van der Waals surface area contributed by atoms with Gasteiger partial charge in [-0.1, -0.05) is 12.1 Å². The Morgan fingerprint density at radius 2 is 1.86 bits per heavy atom. The number of carbonyl (C=O) groups is 1. The molecule has 1 aliphatic rings. The smallest absolute Gasteiger partial charge is 0.251 e. The first-order valence-electron chi connectivity index (χ1n) is 7.16. The highest BCUT2D eigenvalue weighted by Gasteiger charge is 2.23. The Bertz CT molecular complexity index is 612. The highest BCUT2D eigenvalue weighted by Crippen LogP contribution is 2.18. The summed E-state index contributed by atoms with van der Waals surface area (Å²) in [5, 5.41) is 3.03. The zero-order valence-corrected chi connectivity index (χ0v) is 11.7. The van der Waals surface area contributed by atoms with Crippen LogP contribution in [0.4, 0.5) is 0 Å². The quantitative estimate of drug-likeness (QED) is 0.898. The maximum Gasteiger partial charge on any atom is 0.251 e. The van der Waals surface area contributed by atoms with E-state index in [0.29, 0.717) is 11.4 Å². The van der Waals surface area contributed by atoms with Crippen molar-refractivity contribution < 1.29 is 4.79 Å². The Morgan fingerprint density at radius 3 is 2.48 bits per heavy atom. The van der Waals surface area contributed by atoms with Crippen molar-refractivity contribution in [2.45, 2.75) is 31.3 Å². The molecule has 0 aliphatic heterocycles. The number of nitrogens with zero attached hydrogens (tertiary/aromatic N) is 2. The fraction of sp³-hybridized carbons (Fsp3) is 0.312. The van der Waals surface area contributed by atoms with Crippen LogP contribution >= 0.6 is 0 Å². The van der Waals surface area contributed by atoms with Gasteiger partial charge >= 0.3 is 0 Å². The van der Waals surface area contributed by atoms with Crippen LogP contribution in [0.2, 0.25) is 0 Å². The van der Waals surface area contributed by atoms with Crippen molar-refractivity contribution in [2.75, 3.05) is 0 Å². The number of amides is 1. The topological polar surface area (TPSA) is 80.9 Å². The Labute approximate surface area is 123 Å². The summed E-state index contributed by atoms with van der Waals surface area (Å²) in [7, 11) is 0. The van der Waals surface area contributed by atoms with Gasteiger partial charge in [0.1, 0.15) is 0 Å². The Morgan fingerprint density at radius 1 is 1.14 bits per heavy atom. The number of nitrogens with two attached hydrogens (primary N) is 1. The Balaban J connectivity index is 1.68. The van der Waals surface area contributed by atoms with Crippen molar-refractivity contribution in [3.05, 3.63) is 48.3 Å². The molecule has 2 aromatic rings. The van der Waals surface area contributed by atoms with Gasteiger partial charge in [-0.25, -0.2) is 9.97 Å². The van der Waals surface area contributed by atoms with Gasteiger partial charge in [0, 0.05) is 35.6 Å². The predicted molar refractivity (Wildman–Crippen MR) is 80.5 cm³/mol. The molecule has 2 atom stereocenters. The van der Waals surface area contributed by atoms with Crippen molar-refractivity contribution in [2.24, 2.45) is 5.73 Å². The third-order valence-corrected chi connectivity index (χ3v) is 3.78. The van der Waals surface area contributed by atoms with Gasteiger partial charge in [-0.05, 0) is 37.5 Å². The molecule has 1 aromatic carbocycles. The van der Waals surface area contributed by atoms with Crippen LogP contribution in [0.1, 0.15) is 29.6 Å². The first-order valence-corrected chi connectivity index (χ1v) is 7.16. The lowest BCUT2D eigenvalue weighted by Crippen LogP contribution is -2.34. The van der Waals surface area contributed by atoms with E-state index in [9.17, 15) is 4.79 Å². The minimum atomic E-state index is -0.0466. The van der Waals surface area contributed by atoms with Crippen LogP contribution < -0.4 is 11.1 Å². The van der Waals surface area contributed by atoms with Crippen LogP contribution in [-0.2, 0) is 0 Å². The summed E-state index contributed by atoms with van der Waals surface area (Å²) in [6.45, 7) is 0. The molecule has 5 heteroatoms. The van der Waals surface area contributed by atoms with E-state index in [1.165, 1.54) is 0 Å². The first-order chi connectivity index (χ1) is 10.2. The summed E-state index contributed by atoms with van der Waals surface area (Å²) in [4.78, 5) is 20.6. The van der Waals surface area contributed by atoms with Crippen LogP contribution in [0.15, 0.2) is 42.7 Å². The van der Waals surface area contributed by atoms with E-state index in [0.717, 1.165) is 24.8 Å². The molecule has 1 fully saturated rings. The molecule has 5 nitrogen and oxygen atoms in total. The van der Waals surface area contributed by atoms with Crippen LogP contribution in [0.5, 0.6) is 0 Å². The molecule has 108 valence electrons. The van der Waals surface area contributed by atoms with Gasteiger partial charge in [0.05, 0.1) is 0 Å². The van der Waals surface area contributed by atoms with Gasteiger partial charge in [-0.15, -0.1) is 0 Å². The van der Waals surface area contributed by atoms with Crippen LogP contribution in [-0.4, -0.2) is 28.0 Å². The van der Waals surface area contributed by atoms with E-state index in [-0.39, 0.29) is 18.0 Å². The average molecular weight is 282 g/mol. The maximum atomic E-state index is 12.2. The number of rotatable bonds is 3. The second-order valence-corrected chi connectivity index (χ2v) is 5.39. The Kier molecular flexibility index (Phi) is 3.92. The normalized spacial score (nSPS) is 21.2. The second kappa shape index (κ2) is 6.01. The number of nitrogens with one attached hydrogen (secondary N) is 1. The molecule has 0 saturated heterocycles. The van der Waals surface area contributed by atoms with E-state index >= 15 is 0 Å². The van der Waals surface area contributed by atoms with E-state index in [4.69, 9.17) is 5.73 Å². The van der Waals surface area contributed by atoms with Gasteiger partial charge in [-0.2, -0.15) is 0 Å². The average Bonchev–Trinajstić information content (AvgIpc) is 2.93. The highest BCUT2D eigenvalue weighted by molar-refractivity contribution is 5.94. The van der Waals surface area contributed by atoms with Crippen LogP contribution in [0, 0.1) is 0 Å². The first kappa shape index (κ1) is 13.7. The van der Waals surface area contributed by atoms with Gasteiger partial charge in [0.2, 0.25) is 0 Å². The number of hydrogen-bond acceptors (Lipinski definition) is 4. The Hall–Kier alpha value is -2.27. The monoisotopic (exact) mass is 282 g/mol. The minimum absolute atomic E-state index is 0.0466. The minimum Gasteiger partial charge on any atom is -0.349 e. The molecule has 1 heterocycles. The molecule has 0 spiro atoms. The predicted octanol–water partition coefficient (Wildman–Crippen LogP) is 1.75. The molecule has 0 radical (unpaired) electrons. The highest BCUT2D eigenvalue weighted by atomic mass is 16.1. The molecule has 1 aliphatic carbocycles.